The molecule has 2 N–H and O–H groups in total. The average Bonchev–Trinajstić information content (AvgIpc) is 2.29. The monoisotopic (exact) mass is 233 g/mol. The summed E-state index contributed by atoms with van der Waals surface area (Å²) in [7, 11) is 0. The van der Waals surface area contributed by atoms with E-state index in [1.807, 2.05) is 0 Å². The Morgan fingerprint density at radius 2 is 2.41 bits per heavy atom. The van der Waals surface area contributed by atoms with Gasteiger partial charge >= 0.3 is 0 Å². The molecule has 2 rings (SSSR count). The predicted octanol–water partition coefficient (Wildman–Crippen LogP) is 2.27. The minimum absolute atomic E-state index is 0.287. The van der Waals surface area contributed by atoms with E-state index >= 15 is 0 Å². The van der Waals surface area contributed by atoms with Crippen molar-refractivity contribution in [3.8, 4) is 6.07 Å². The Balaban J connectivity index is 2.17. The maximum atomic E-state index is 13.1. The Kier molecular flexibility index (Phi) is 3.30. The Morgan fingerprint density at radius 1 is 1.59 bits per heavy atom. The zero-order valence-electron chi connectivity index (χ0n) is 9.83. The quantitative estimate of drug-likeness (QED) is 0.823. The summed E-state index contributed by atoms with van der Waals surface area (Å²) < 4.78 is 13.1. The molecule has 0 amide bonds. The van der Waals surface area contributed by atoms with Gasteiger partial charge in [0.1, 0.15) is 11.4 Å². The normalized spacial score (nSPS) is 28.4. The molecule has 3 nitrogen and oxygen atoms in total. The summed E-state index contributed by atoms with van der Waals surface area (Å²) in [5, 5.41) is 15.8. The third kappa shape index (κ3) is 2.75. The van der Waals surface area contributed by atoms with Gasteiger partial charge in [-0.05, 0) is 44.5 Å². The van der Waals surface area contributed by atoms with E-state index in [2.05, 4.69) is 23.6 Å². The maximum Gasteiger partial charge on any atom is 0.128 e. The van der Waals surface area contributed by atoms with Crippen molar-refractivity contribution in [1.29, 1.82) is 5.26 Å². The van der Waals surface area contributed by atoms with Crippen molar-refractivity contribution in [2.45, 2.75) is 31.3 Å². The summed E-state index contributed by atoms with van der Waals surface area (Å²) >= 11 is 0. The second kappa shape index (κ2) is 4.72. The van der Waals surface area contributed by atoms with Crippen LogP contribution in [0, 0.1) is 17.1 Å². The van der Waals surface area contributed by atoms with Crippen LogP contribution in [-0.2, 0) is 0 Å². The molecule has 0 spiro atoms. The molecule has 1 heterocycles. The topological polar surface area (TPSA) is 47.9 Å². The predicted molar refractivity (Wildman–Crippen MR) is 65.1 cm³/mol. The summed E-state index contributed by atoms with van der Waals surface area (Å²) in [6.07, 6.45) is 1.45. The molecule has 1 aromatic carbocycles. The van der Waals surface area contributed by atoms with Gasteiger partial charge in [-0.25, -0.2) is 4.39 Å². The van der Waals surface area contributed by atoms with Crippen LogP contribution in [0.3, 0.4) is 0 Å². The van der Waals surface area contributed by atoms with Crippen molar-refractivity contribution in [2.75, 3.05) is 11.9 Å². The lowest BCUT2D eigenvalue weighted by Crippen LogP contribution is -2.50. The van der Waals surface area contributed by atoms with Gasteiger partial charge < -0.3 is 10.6 Å². The van der Waals surface area contributed by atoms with Crippen LogP contribution in [0.25, 0.3) is 0 Å². The van der Waals surface area contributed by atoms with E-state index < -0.39 is 5.54 Å². The van der Waals surface area contributed by atoms with E-state index in [0.717, 1.165) is 19.4 Å². The first-order valence-corrected chi connectivity index (χ1v) is 5.82. The van der Waals surface area contributed by atoms with Gasteiger partial charge in [0, 0.05) is 11.7 Å². The minimum Gasteiger partial charge on any atom is -0.367 e. The van der Waals surface area contributed by atoms with Crippen LogP contribution < -0.4 is 10.6 Å². The van der Waals surface area contributed by atoms with E-state index in [1.165, 1.54) is 12.1 Å². The lowest BCUT2D eigenvalue weighted by Gasteiger charge is -2.36. The molecule has 1 aromatic rings. The highest BCUT2D eigenvalue weighted by atomic mass is 19.1. The number of nitrogens with zero attached hydrogens (tertiary/aromatic N) is 1. The fourth-order valence-corrected chi connectivity index (χ4v) is 2.31. The van der Waals surface area contributed by atoms with Gasteiger partial charge in [-0.2, -0.15) is 5.26 Å². The highest BCUT2D eigenvalue weighted by molar-refractivity contribution is 5.48. The molecule has 1 aliphatic heterocycles. The van der Waals surface area contributed by atoms with E-state index in [0.29, 0.717) is 11.7 Å². The van der Waals surface area contributed by atoms with Crippen LogP contribution >= 0.6 is 0 Å². The molecule has 0 radical (unpaired) electrons. The molecule has 2 atom stereocenters. The Labute approximate surface area is 101 Å². The Morgan fingerprint density at radius 3 is 3.06 bits per heavy atom. The van der Waals surface area contributed by atoms with Crippen LogP contribution in [0.1, 0.15) is 19.8 Å². The number of hydrogen-bond donors (Lipinski definition) is 2. The molecule has 1 aliphatic rings. The van der Waals surface area contributed by atoms with Crippen LogP contribution in [0.4, 0.5) is 10.1 Å². The number of nitriles is 1. The summed E-state index contributed by atoms with van der Waals surface area (Å²) in [5.41, 5.74) is 0.0824. The first kappa shape index (κ1) is 11.9. The fourth-order valence-electron chi connectivity index (χ4n) is 2.31. The van der Waals surface area contributed by atoms with Gasteiger partial charge in [0.15, 0.2) is 0 Å². The largest absolute Gasteiger partial charge is 0.367 e. The number of benzene rings is 1. The number of nitrogens with one attached hydrogen (secondary N) is 2. The molecule has 0 aromatic heterocycles. The molecule has 17 heavy (non-hydrogen) atoms. The van der Waals surface area contributed by atoms with Crippen LogP contribution in [0.5, 0.6) is 0 Å². The highest BCUT2D eigenvalue weighted by Crippen LogP contribution is 2.26. The molecule has 1 fully saturated rings. The summed E-state index contributed by atoms with van der Waals surface area (Å²) in [6, 6.07) is 8.89. The van der Waals surface area contributed by atoms with E-state index in [-0.39, 0.29) is 5.82 Å². The van der Waals surface area contributed by atoms with Gasteiger partial charge in [-0.3, -0.25) is 0 Å². The molecule has 0 bridgehead atoms. The first-order valence-electron chi connectivity index (χ1n) is 5.82. The van der Waals surface area contributed by atoms with Gasteiger partial charge in [0.25, 0.3) is 0 Å². The molecule has 4 heteroatoms. The third-order valence-electron chi connectivity index (χ3n) is 3.12. The van der Waals surface area contributed by atoms with Crippen molar-refractivity contribution in [3.63, 3.8) is 0 Å². The lowest BCUT2D eigenvalue weighted by molar-refractivity contribution is 0.342. The van der Waals surface area contributed by atoms with E-state index in [1.54, 1.807) is 12.1 Å². The second-order valence-electron chi connectivity index (χ2n) is 4.64. The second-order valence-corrected chi connectivity index (χ2v) is 4.64. The number of halogens is 1. The molecule has 0 unspecified atom stereocenters. The number of piperidine rings is 1. The molecule has 1 saturated heterocycles. The molecule has 0 saturated carbocycles. The van der Waals surface area contributed by atoms with Crippen LogP contribution in [-0.4, -0.2) is 18.1 Å². The van der Waals surface area contributed by atoms with Gasteiger partial charge in [0.05, 0.1) is 6.07 Å². The Bertz CT molecular complexity index is 441. The van der Waals surface area contributed by atoms with E-state index in [9.17, 15) is 9.65 Å². The van der Waals surface area contributed by atoms with Crippen molar-refractivity contribution in [2.24, 2.45) is 0 Å². The number of anilines is 1. The Hall–Kier alpha value is -1.60. The van der Waals surface area contributed by atoms with Crippen LogP contribution in [0.2, 0.25) is 0 Å². The van der Waals surface area contributed by atoms with Crippen LogP contribution in [0.15, 0.2) is 24.3 Å². The standard InChI is InChI=1S/C13H16FN3/c1-10-8-13(9-15,5-6-16-10)17-12-4-2-3-11(14)7-12/h2-4,7,10,16-17H,5-6,8H2,1H3/t10-,13-/m1/s1. The molecular formula is C13H16FN3. The summed E-state index contributed by atoms with van der Waals surface area (Å²) in [6.45, 7) is 2.86. The zero-order valence-corrected chi connectivity index (χ0v) is 9.83. The molecular weight excluding hydrogens is 217 g/mol. The van der Waals surface area contributed by atoms with Crippen molar-refractivity contribution in [3.05, 3.63) is 30.1 Å². The van der Waals surface area contributed by atoms with Crippen molar-refractivity contribution in [1.82, 2.24) is 5.32 Å². The minimum atomic E-state index is -0.585. The SMILES string of the molecule is C[C@@H]1C[C@](C#N)(Nc2cccc(F)c2)CCN1. The third-order valence-corrected chi connectivity index (χ3v) is 3.12. The summed E-state index contributed by atoms with van der Waals surface area (Å²) in [5.74, 6) is -0.287. The fraction of sp³-hybridized carbons (Fsp3) is 0.462. The lowest BCUT2D eigenvalue weighted by atomic mass is 9.86. The first-order chi connectivity index (χ1) is 8.13. The zero-order chi connectivity index (χ0) is 12.3. The molecule has 90 valence electrons. The number of rotatable bonds is 2. The maximum absolute atomic E-state index is 13.1. The van der Waals surface area contributed by atoms with Crippen molar-refractivity contribution < 1.29 is 4.39 Å². The van der Waals surface area contributed by atoms with Crippen molar-refractivity contribution >= 4 is 5.69 Å². The van der Waals surface area contributed by atoms with Gasteiger partial charge in [-0.15, -0.1) is 0 Å². The molecule has 0 aliphatic carbocycles. The van der Waals surface area contributed by atoms with Gasteiger partial charge in [-0.1, -0.05) is 6.07 Å². The number of hydrogen-bond acceptors (Lipinski definition) is 3. The average molecular weight is 233 g/mol. The van der Waals surface area contributed by atoms with Gasteiger partial charge in [0.2, 0.25) is 0 Å². The highest BCUT2D eigenvalue weighted by Gasteiger charge is 2.34. The smallest absolute Gasteiger partial charge is 0.128 e. The summed E-state index contributed by atoms with van der Waals surface area (Å²) in [4.78, 5) is 0. The van der Waals surface area contributed by atoms with E-state index in [4.69, 9.17) is 0 Å².